The fourth-order valence-corrected chi connectivity index (χ4v) is 11.3. The zero-order chi connectivity index (χ0) is 67.9. The van der Waals surface area contributed by atoms with Crippen LogP contribution in [0.1, 0.15) is 181 Å². The van der Waals surface area contributed by atoms with Gasteiger partial charge >= 0.3 is 17.9 Å². The molecule has 0 saturated carbocycles. The maximum absolute atomic E-state index is 12.9. The normalized spacial score (nSPS) is 11.3. The highest BCUT2D eigenvalue weighted by molar-refractivity contribution is 6.75. The van der Waals surface area contributed by atoms with Crippen LogP contribution in [0.15, 0.2) is 146 Å². The van der Waals surface area contributed by atoms with E-state index in [4.69, 9.17) is 27.5 Å². The van der Waals surface area contributed by atoms with E-state index in [0.29, 0.717) is 83.5 Å². The van der Waals surface area contributed by atoms with Crippen molar-refractivity contribution in [3.8, 4) is 88.3 Å². The molecule has 0 N–H and O–H groups in total. The molecule has 0 atom stereocenters. The highest BCUT2D eigenvalue weighted by Crippen LogP contribution is 2.40. The number of carbonyl (C=O) groups excluding carboxylic acids is 3. The van der Waals surface area contributed by atoms with E-state index in [9.17, 15) is 14.4 Å². The summed E-state index contributed by atoms with van der Waals surface area (Å²) in [5.41, 5.74) is 7.42. The van der Waals surface area contributed by atoms with Crippen LogP contribution in [0.25, 0.3) is 0 Å². The van der Waals surface area contributed by atoms with E-state index < -0.39 is 42.9 Å². The smallest absolute Gasteiger partial charge is 0.338 e. The van der Waals surface area contributed by atoms with Gasteiger partial charge in [-0.05, 0) is 221 Å². The second-order valence-electron chi connectivity index (χ2n) is 26.8. The average Bonchev–Trinajstić information content (AvgIpc) is 0.766. The Bertz CT molecular complexity index is 3810. The van der Waals surface area contributed by atoms with Crippen molar-refractivity contribution in [2.45, 2.75) is 137 Å². The predicted octanol–water partition coefficient (Wildman–Crippen LogP) is 17.8. The van der Waals surface area contributed by atoms with Gasteiger partial charge in [-0.1, -0.05) is 133 Å². The van der Waals surface area contributed by atoms with Crippen LogP contribution in [0, 0.1) is 71.0 Å². The van der Waals surface area contributed by atoms with E-state index in [1.165, 1.54) is 0 Å². The summed E-state index contributed by atoms with van der Waals surface area (Å²) in [4.78, 5) is 38.6. The molecule has 7 rings (SSSR count). The Balaban J connectivity index is 1.64. The average molecular weight is 1290 g/mol. The summed E-state index contributed by atoms with van der Waals surface area (Å²) in [6.45, 7) is 39.1. The molecule has 0 spiro atoms. The summed E-state index contributed by atoms with van der Waals surface area (Å²) in [5.74, 6) is 42.7. The van der Waals surface area contributed by atoms with Crippen molar-refractivity contribution < 1.29 is 41.9 Å². The maximum Gasteiger partial charge on any atom is 0.338 e. The van der Waals surface area contributed by atoms with Gasteiger partial charge in [0.25, 0.3) is 0 Å². The van der Waals surface area contributed by atoms with Crippen molar-refractivity contribution in [2.24, 2.45) is 0 Å². The Labute approximate surface area is 556 Å². The molecule has 0 aromatic heterocycles. The number of hydrogen-bond donors (Lipinski definition) is 0. The summed E-state index contributed by atoms with van der Waals surface area (Å²) in [7, 11) is -6.56. The molecule has 0 unspecified atom stereocenters. The molecule has 7 aromatic rings. The molecule has 0 radical (unpaired) electrons. The topological polar surface area (TPSA) is 107 Å². The van der Waals surface area contributed by atoms with E-state index in [-0.39, 0.29) is 34.9 Å². The minimum atomic E-state index is -2.19. The Morgan fingerprint density at radius 3 is 0.591 bits per heavy atom. The molecular weight excluding hydrogens is 1200 g/mol. The Kier molecular flexibility index (Phi) is 23.0. The van der Waals surface area contributed by atoms with E-state index in [0.717, 1.165) is 17.2 Å². The number of rotatable bonds is 12. The quantitative estimate of drug-likeness (QED) is 0.0512. The van der Waals surface area contributed by atoms with Crippen LogP contribution in [-0.4, -0.2) is 62.7 Å². The van der Waals surface area contributed by atoms with Gasteiger partial charge in [0.05, 0.1) is 69.9 Å². The van der Waals surface area contributed by atoms with Crippen molar-refractivity contribution in [2.75, 3.05) is 19.8 Å². The molecule has 12 heteroatoms. The summed E-state index contributed by atoms with van der Waals surface area (Å²) in [5, 5.41) is -0.0720. The van der Waals surface area contributed by atoms with E-state index in [1.54, 1.807) is 93.6 Å². The molecule has 9 nitrogen and oxygen atoms in total. The van der Waals surface area contributed by atoms with E-state index >= 15 is 0 Å². The van der Waals surface area contributed by atoms with Crippen molar-refractivity contribution in [3.05, 3.63) is 229 Å². The minimum Gasteiger partial charge on any atom is -0.544 e. The van der Waals surface area contributed by atoms with Crippen molar-refractivity contribution in [1.29, 1.82) is 0 Å². The predicted molar refractivity (Wildman–Crippen MR) is 382 cm³/mol. The number of benzene rings is 7. The third-order valence-electron chi connectivity index (χ3n) is 16.8. The Hall–Kier alpha value is -9.64. The van der Waals surface area contributed by atoms with Crippen molar-refractivity contribution in [3.63, 3.8) is 0 Å². The third-order valence-corrected chi connectivity index (χ3v) is 29.9. The molecule has 0 aliphatic carbocycles. The lowest BCUT2D eigenvalue weighted by Crippen LogP contribution is -2.43. The minimum absolute atomic E-state index is 0.0240. The second kappa shape index (κ2) is 30.2. The molecule has 0 fully saturated rings. The highest BCUT2D eigenvalue weighted by atomic mass is 28.4. The zero-order valence-electron chi connectivity index (χ0n) is 57.2. The van der Waals surface area contributed by atoms with Crippen LogP contribution in [0.5, 0.6) is 17.2 Å². The molecule has 0 aliphatic rings. The SMILES string of the molecule is CCOC(=O)c1ccc(C#Cc2c(C#Cc3ccc(O[Si](C)(C)C(C)(C)C)cc3)c(C#Cc3ccc(C(=O)OCC)cc3)c(C#Cc3ccc(O[Si](C)(C)C(C)(C)C)cc3)c(C#Cc3ccc(C(=O)OCC)cc3)c2C#Cc2ccc(O[Si](C)(C)C(C)(C)C)cc2)cc1. The van der Waals surface area contributed by atoms with Crippen LogP contribution < -0.4 is 13.3 Å². The number of hydrogen-bond acceptors (Lipinski definition) is 9. The van der Waals surface area contributed by atoms with E-state index in [1.807, 2.05) is 72.8 Å². The number of esters is 3. The van der Waals surface area contributed by atoms with Gasteiger partial charge in [-0.15, -0.1) is 0 Å². The zero-order valence-corrected chi connectivity index (χ0v) is 60.2. The highest BCUT2D eigenvalue weighted by Gasteiger charge is 2.41. The van der Waals surface area contributed by atoms with E-state index in [2.05, 4.69) is 173 Å². The van der Waals surface area contributed by atoms with Gasteiger partial charge in [-0.3, -0.25) is 0 Å². The Morgan fingerprint density at radius 2 is 0.441 bits per heavy atom. The molecule has 0 amide bonds. The molecule has 7 aromatic carbocycles. The summed E-state index contributed by atoms with van der Waals surface area (Å²) >= 11 is 0. The third kappa shape index (κ3) is 19.0. The molecule has 474 valence electrons. The summed E-state index contributed by atoms with van der Waals surface area (Å²) in [6.07, 6.45) is 0. The molecule has 0 aliphatic heterocycles. The van der Waals surface area contributed by atoms with Gasteiger partial charge in [0.1, 0.15) is 17.2 Å². The number of ether oxygens (including phenoxy) is 3. The molecule has 93 heavy (non-hydrogen) atoms. The first-order valence-electron chi connectivity index (χ1n) is 31.4. The first-order valence-corrected chi connectivity index (χ1v) is 40.1. The lowest BCUT2D eigenvalue weighted by atomic mass is 9.86. The fraction of sp³-hybridized carbons (Fsp3) is 0.296. The van der Waals surface area contributed by atoms with Crippen LogP contribution >= 0.6 is 0 Å². The Morgan fingerprint density at radius 1 is 0.280 bits per heavy atom. The van der Waals surface area contributed by atoms with Gasteiger partial charge in [-0.25, -0.2) is 14.4 Å². The van der Waals surface area contributed by atoms with Gasteiger partial charge in [0.2, 0.25) is 25.0 Å². The molecular formula is C81H84O9Si3. The largest absolute Gasteiger partial charge is 0.544 e. The van der Waals surface area contributed by atoms with Crippen LogP contribution in [0.2, 0.25) is 54.4 Å². The lowest BCUT2D eigenvalue weighted by Gasteiger charge is -2.36. The standard InChI is InChI=1S/C81H84O9Si3/c1-19-85-76(82)64-40-22-58(23-41-64)34-52-70-73(55-37-61-28-46-67(47-29-61)88-91(13,14)79(4,5)6)71(53-35-59-24-42-65(43-25-59)77(83)86-20-2)75(57-39-63-32-50-69(51-33-63)90-93(17,18)81(10,11)12)72(54-36-60-26-44-66(45-27-60)78(84)87-21-3)74(70)56-38-62-30-48-68(49-31-62)89-92(15,16)80(7,8)9/h22-33,40-51H,19-21H2,1-18H3. The molecule has 0 bridgehead atoms. The first kappa shape index (κ1) is 70.8. The molecule has 0 saturated heterocycles. The first-order chi connectivity index (χ1) is 43.8. The number of carbonyl (C=O) groups is 3. The second-order valence-corrected chi connectivity index (χ2v) is 41.0. The summed E-state index contributed by atoms with van der Waals surface area (Å²) in [6, 6.07) is 44.0. The summed E-state index contributed by atoms with van der Waals surface area (Å²) < 4.78 is 36.1. The maximum atomic E-state index is 12.9. The van der Waals surface area contributed by atoms with Gasteiger partial charge in [-0.2, -0.15) is 0 Å². The monoisotopic (exact) mass is 1280 g/mol. The van der Waals surface area contributed by atoms with Crippen molar-refractivity contribution >= 4 is 42.9 Å². The molecule has 0 heterocycles. The van der Waals surface area contributed by atoms with Crippen LogP contribution in [-0.2, 0) is 14.2 Å². The van der Waals surface area contributed by atoms with Gasteiger partial charge in [0.15, 0.2) is 0 Å². The van der Waals surface area contributed by atoms with Gasteiger partial charge in [0, 0.05) is 33.4 Å². The lowest BCUT2D eigenvalue weighted by molar-refractivity contribution is 0.0516. The van der Waals surface area contributed by atoms with Gasteiger partial charge < -0.3 is 27.5 Å². The van der Waals surface area contributed by atoms with Crippen LogP contribution in [0.3, 0.4) is 0 Å². The fourth-order valence-electron chi connectivity index (χ4n) is 8.18. The van der Waals surface area contributed by atoms with Crippen LogP contribution in [0.4, 0.5) is 0 Å². The van der Waals surface area contributed by atoms with Crippen molar-refractivity contribution in [1.82, 2.24) is 0 Å².